The third-order valence-electron chi connectivity index (χ3n) is 18.4. The second-order valence-corrected chi connectivity index (χ2v) is 37.6. The molecular weight excluding hydrogens is 1180 g/mol. The van der Waals surface area contributed by atoms with Gasteiger partial charge >= 0.3 is 0 Å². The maximum Gasteiger partial charge on any atom is 0.175 e. The van der Waals surface area contributed by atoms with E-state index in [0.29, 0.717) is 28.7 Å². The predicted molar refractivity (Wildman–Crippen MR) is 390 cm³/mol. The van der Waals surface area contributed by atoms with Crippen molar-refractivity contribution < 1.29 is 47.7 Å². The standard InChI is InChI=1S/C85H120O10/c1-76(2,3)61-36-51-31-53-38-62(77(4,5)6)40-55(72(53)92-47-67(87)82(19,20)21)33-57-42-64(79(10,11)12)44-59(74(57)94-49-69(89)84(25,26)27)35-60-45-65(80(13,14)15)43-58(75(60)95-50-70(90)85(28,29)30)34-56-41-63(78(7,8)9)39-54(73(56)93-48-68(88)83(22,23)24)32-52(37-61)71(51)91-46-66(86)81(16,17)18/h36-45H,31-35,46-50H2,1-30H3. The molecule has 10 nitrogen and oxygen atoms in total. The number of carbonyl (C=O) groups is 5. The Bertz CT molecular complexity index is 3020. The maximum atomic E-state index is 14.4. The van der Waals surface area contributed by atoms with Gasteiger partial charge in [-0.2, -0.15) is 0 Å². The summed E-state index contributed by atoms with van der Waals surface area (Å²) in [5.41, 5.74) is 7.81. The molecule has 0 heterocycles. The highest BCUT2D eigenvalue weighted by atomic mass is 16.5. The molecule has 0 aliphatic heterocycles. The van der Waals surface area contributed by atoms with Crippen LogP contribution < -0.4 is 23.7 Å². The van der Waals surface area contributed by atoms with Crippen LogP contribution in [0.25, 0.3) is 0 Å². The van der Waals surface area contributed by atoms with Crippen LogP contribution in [0.15, 0.2) is 60.7 Å². The van der Waals surface area contributed by atoms with Crippen LogP contribution in [0.3, 0.4) is 0 Å². The molecule has 95 heavy (non-hydrogen) atoms. The molecule has 0 atom stereocenters. The first-order valence-electron chi connectivity index (χ1n) is 34.6. The quantitative estimate of drug-likeness (QED) is 0.0979. The minimum Gasteiger partial charge on any atom is -0.485 e. The highest BCUT2D eigenvalue weighted by Gasteiger charge is 2.35. The van der Waals surface area contributed by atoms with E-state index < -0.39 is 54.1 Å². The number of ether oxygens (including phenoxy) is 5. The zero-order chi connectivity index (χ0) is 72.1. The second-order valence-electron chi connectivity index (χ2n) is 37.6. The molecule has 6 rings (SSSR count). The van der Waals surface area contributed by atoms with Gasteiger partial charge in [0.25, 0.3) is 0 Å². The van der Waals surface area contributed by atoms with Crippen molar-refractivity contribution in [2.24, 2.45) is 27.1 Å². The van der Waals surface area contributed by atoms with Gasteiger partial charge in [-0.3, -0.25) is 24.0 Å². The third kappa shape index (κ3) is 20.1. The van der Waals surface area contributed by atoms with Crippen LogP contribution in [0, 0.1) is 27.1 Å². The molecule has 5 aromatic carbocycles. The van der Waals surface area contributed by atoms with Crippen molar-refractivity contribution in [3.05, 3.63) is 144 Å². The fourth-order valence-corrected chi connectivity index (χ4v) is 11.0. The number of fused-ring (bicyclic) bond motifs is 10. The Morgan fingerprint density at radius 1 is 0.221 bits per heavy atom. The van der Waals surface area contributed by atoms with Crippen LogP contribution in [0.2, 0.25) is 0 Å². The number of ketones is 5. The first-order chi connectivity index (χ1) is 42.9. The fourth-order valence-electron chi connectivity index (χ4n) is 11.0. The topological polar surface area (TPSA) is 132 Å². The number of hydrogen-bond acceptors (Lipinski definition) is 10. The lowest BCUT2D eigenvalue weighted by molar-refractivity contribution is -0.129. The molecule has 1 aliphatic carbocycles. The molecule has 0 amide bonds. The van der Waals surface area contributed by atoms with Crippen LogP contribution in [-0.2, 0) is 83.2 Å². The van der Waals surface area contributed by atoms with E-state index in [1.165, 1.54) is 0 Å². The summed E-state index contributed by atoms with van der Waals surface area (Å²) in [5.74, 6) is 2.38. The lowest BCUT2D eigenvalue weighted by Crippen LogP contribution is -2.28. The Morgan fingerprint density at radius 3 is 0.411 bits per heavy atom. The Kier molecular flexibility index (Phi) is 22.6. The number of hydrogen-bond donors (Lipinski definition) is 0. The Morgan fingerprint density at radius 2 is 0.326 bits per heavy atom. The van der Waals surface area contributed by atoms with Gasteiger partial charge in [0.1, 0.15) is 61.8 Å². The van der Waals surface area contributed by atoms with Gasteiger partial charge in [-0.15, -0.1) is 0 Å². The van der Waals surface area contributed by atoms with Crippen LogP contribution in [-0.4, -0.2) is 62.0 Å². The molecule has 0 saturated heterocycles. The zero-order valence-corrected chi connectivity index (χ0v) is 64.4. The van der Waals surface area contributed by atoms with E-state index in [9.17, 15) is 24.0 Å². The van der Waals surface area contributed by atoms with E-state index in [4.69, 9.17) is 23.7 Å². The minimum atomic E-state index is -0.721. The van der Waals surface area contributed by atoms with Gasteiger partial charge in [0.2, 0.25) is 0 Å². The molecule has 1 aliphatic rings. The Balaban J connectivity index is 2.00. The summed E-state index contributed by atoms with van der Waals surface area (Å²) in [7, 11) is 0. The lowest BCUT2D eigenvalue weighted by Gasteiger charge is -2.30. The number of carbonyl (C=O) groups excluding carboxylic acids is 5. The SMILES string of the molecule is CC(C)(C)C(=O)COc1c2cc(C(C)(C)C)cc1Cc1cc(C(C)(C)C)cc(c1OCC(=O)C(C)(C)C)Cc1cc(C(C)(C)C)cc(c1OCC(=O)C(C)(C)C)Cc1cc(C(C)(C)C)cc(c1OCC(=O)C(C)(C)C)Cc1cc(C(C)(C)C)cc(c1OCC(=O)C(C)(C)C)C2. The van der Waals surface area contributed by atoms with Crippen molar-refractivity contribution in [2.75, 3.05) is 33.0 Å². The first kappa shape index (κ1) is 77.5. The van der Waals surface area contributed by atoms with Gasteiger partial charge in [0, 0.05) is 59.2 Å². The smallest absolute Gasteiger partial charge is 0.175 e. The summed E-state index contributed by atoms with van der Waals surface area (Å²) in [5, 5.41) is 0. The van der Waals surface area contributed by atoms with Crippen molar-refractivity contribution in [1.29, 1.82) is 0 Å². The van der Waals surface area contributed by atoms with E-state index in [2.05, 4.69) is 165 Å². The van der Waals surface area contributed by atoms with Gasteiger partial charge in [-0.05, 0) is 111 Å². The Labute approximate surface area is 573 Å². The summed E-state index contributed by atoms with van der Waals surface area (Å²) in [6.07, 6.45) is 1.41. The van der Waals surface area contributed by atoms with Crippen LogP contribution in [0.1, 0.15) is 291 Å². The second kappa shape index (κ2) is 27.8. The van der Waals surface area contributed by atoms with Crippen LogP contribution in [0.5, 0.6) is 28.7 Å². The van der Waals surface area contributed by atoms with E-state index in [1.54, 1.807) is 0 Å². The molecular formula is C85H120O10. The third-order valence-corrected chi connectivity index (χ3v) is 18.4. The summed E-state index contributed by atoms with van der Waals surface area (Å²) >= 11 is 0. The lowest BCUT2D eigenvalue weighted by atomic mass is 9.79. The van der Waals surface area contributed by atoms with Crippen molar-refractivity contribution in [1.82, 2.24) is 0 Å². The van der Waals surface area contributed by atoms with Gasteiger partial charge in [0.05, 0.1) is 0 Å². The maximum absolute atomic E-state index is 14.4. The van der Waals surface area contributed by atoms with E-state index in [0.717, 1.165) is 83.5 Å². The normalized spacial score (nSPS) is 14.0. The van der Waals surface area contributed by atoms with Crippen LogP contribution >= 0.6 is 0 Å². The van der Waals surface area contributed by atoms with Crippen molar-refractivity contribution in [3.8, 4) is 28.7 Å². The van der Waals surface area contributed by atoms with Gasteiger partial charge in [-0.25, -0.2) is 0 Å². The monoisotopic (exact) mass is 1300 g/mol. The molecule has 0 spiro atoms. The summed E-state index contributed by atoms with van der Waals surface area (Å²) in [6.45, 7) is 60.6. The molecule has 10 heteroatoms. The highest BCUT2D eigenvalue weighted by Crippen LogP contribution is 2.46. The van der Waals surface area contributed by atoms with E-state index >= 15 is 0 Å². The molecule has 5 aromatic rings. The number of rotatable bonds is 15. The molecule has 520 valence electrons. The van der Waals surface area contributed by atoms with Crippen molar-refractivity contribution >= 4 is 28.9 Å². The van der Waals surface area contributed by atoms with Gasteiger partial charge in [-0.1, -0.05) is 268 Å². The van der Waals surface area contributed by atoms with E-state index in [-0.39, 0.29) is 94.1 Å². The fraction of sp³-hybridized carbons (Fsp3) is 0.588. The summed E-state index contributed by atoms with van der Waals surface area (Å²) in [4.78, 5) is 71.8. The summed E-state index contributed by atoms with van der Waals surface area (Å²) in [6, 6.07) is 22.1. The Hall–Kier alpha value is -6.55. The van der Waals surface area contributed by atoms with Crippen LogP contribution in [0.4, 0.5) is 0 Å². The molecule has 10 bridgehead atoms. The number of benzene rings is 5. The predicted octanol–water partition coefficient (Wildman–Crippen LogP) is 19.4. The van der Waals surface area contributed by atoms with Crippen molar-refractivity contribution in [2.45, 2.75) is 267 Å². The highest BCUT2D eigenvalue weighted by molar-refractivity contribution is 5.87. The summed E-state index contributed by atoms with van der Waals surface area (Å²) < 4.78 is 35.7. The largest absolute Gasteiger partial charge is 0.485 e. The molecule has 0 aromatic heterocycles. The van der Waals surface area contributed by atoms with Gasteiger partial charge in [0.15, 0.2) is 28.9 Å². The average Bonchev–Trinajstić information content (AvgIpc) is 0.769. The minimum absolute atomic E-state index is 0.0719. The molecule has 0 fully saturated rings. The molecule has 0 N–H and O–H groups in total. The number of Topliss-reactive ketones (excluding diaryl/α,β-unsaturated/α-hetero) is 5. The molecule has 0 radical (unpaired) electrons. The molecule has 0 unspecified atom stereocenters. The van der Waals surface area contributed by atoms with E-state index in [1.807, 2.05) is 104 Å². The molecule has 0 saturated carbocycles. The first-order valence-corrected chi connectivity index (χ1v) is 34.6. The zero-order valence-electron chi connectivity index (χ0n) is 64.4. The van der Waals surface area contributed by atoms with Gasteiger partial charge < -0.3 is 23.7 Å². The average molecular weight is 1300 g/mol. The van der Waals surface area contributed by atoms with Crippen molar-refractivity contribution in [3.63, 3.8) is 0 Å².